The van der Waals surface area contributed by atoms with Gasteiger partial charge in [0.1, 0.15) is 0 Å². The second-order valence-electron chi connectivity index (χ2n) is 7.14. The van der Waals surface area contributed by atoms with E-state index in [4.69, 9.17) is 0 Å². The maximum Gasteiger partial charge on any atom is 0.229 e. The highest BCUT2D eigenvalue weighted by Crippen LogP contribution is 2.20. The summed E-state index contributed by atoms with van der Waals surface area (Å²) in [7, 11) is -1.40. The zero-order valence-electron chi connectivity index (χ0n) is 17.0. The maximum absolute atomic E-state index is 12.5. The number of amides is 1. The van der Waals surface area contributed by atoms with Crippen LogP contribution in [-0.2, 0) is 27.8 Å². The summed E-state index contributed by atoms with van der Waals surface area (Å²) in [4.78, 5) is 14.6. The first kappa shape index (κ1) is 21.4. The number of carbonyl (C=O) groups is 1. The molecule has 0 heterocycles. The third-order valence-electron chi connectivity index (χ3n) is 4.52. The predicted molar refractivity (Wildman–Crippen MR) is 122 cm³/mol. The molecule has 0 radical (unpaired) electrons. The van der Waals surface area contributed by atoms with E-state index in [1.165, 1.54) is 5.56 Å². The molecular formula is C23H25N3O3S. The van der Waals surface area contributed by atoms with Gasteiger partial charge in [0.05, 0.1) is 18.4 Å². The molecule has 3 aromatic rings. The minimum atomic E-state index is -3.42. The normalized spacial score (nSPS) is 11.0. The van der Waals surface area contributed by atoms with Crippen molar-refractivity contribution < 1.29 is 13.2 Å². The van der Waals surface area contributed by atoms with E-state index >= 15 is 0 Å². The molecule has 30 heavy (non-hydrogen) atoms. The van der Waals surface area contributed by atoms with Crippen molar-refractivity contribution in [3.63, 3.8) is 0 Å². The van der Waals surface area contributed by atoms with Gasteiger partial charge in [0, 0.05) is 25.0 Å². The molecule has 0 saturated carbocycles. The van der Waals surface area contributed by atoms with Crippen molar-refractivity contribution in [2.75, 3.05) is 28.2 Å². The second-order valence-corrected chi connectivity index (χ2v) is 8.89. The Balaban J connectivity index is 1.61. The van der Waals surface area contributed by atoms with E-state index in [-0.39, 0.29) is 12.3 Å². The average Bonchev–Trinajstić information content (AvgIpc) is 2.69. The van der Waals surface area contributed by atoms with Gasteiger partial charge < -0.3 is 10.2 Å². The lowest BCUT2D eigenvalue weighted by Gasteiger charge is -2.20. The molecular weight excluding hydrogens is 398 g/mol. The van der Waals surface area contributed by atoms with Crippen molar-refractivity contribution in [2.24, 2.45) is 0 Å². The topological polar surface area (TPSA) is 78.5 Å². The van der Waals surface area contributed by atoms with Gasteiger partial charge in [-0.25, -0.2) is 8.42 Å². The summed E-state index contributed by atoms with van der Waals surface area (Å²) in [5, 5.41) is 2.86. The van der Waals surface area contributed by atoms with Gasteiger partial charge in [-0.1, -0.05) is 48.5 Å². The Morgan fingerprint density at radius 2 is 1.53 bits per heavy atom. The molecule has 7 heteroatoms. The number of anilines is 3. The highest BCUT2D eigenvalue weighted by Gasteiger charge is 2.11. The fraction of sp³-hybridized carbons (Fsp3) is 0.174. The summed E-state index contributed by atoms with van der Waals surface area (Å²) < 4.78 is 25.5. The fourth-order valence-corrected chi connectivity index (χ4v) is 3.70. The Labute approximate surface area is 177 Å². The summed E-state index contributed by atoms with van der Waals surface area (Å²) >= 11 is 0. The first-order valence-corrected chi connectivity index (χ1v) is 11.4. The van der Waals surface area contributed by atoms with Crippen LogP contribution in [0.4, 0.5) is 17.1 Å². The predicted octanol–water partition coefficient (Wildman–Crippen LogP) is 3.88. The molecule has 0 saturated heterocycles. The summed E-state index contributed by atoms with van der Waals surface area (Å²) in [6.07, 6.45) is 1.15. The average molecular weight is 424 g/mol. The van der Waals surface area contributed by atoms with Gasteiger partial charge in [0.25, 0.3) is 0 Å². The lowest BCUT2D eigenvalue weighted by Crippen LogP contribution is -2.18. The third-order valence-corrected chi connectivity index (χ3v) is 5.11. The van der Waals surface area contributed by atoms with E-state index in [0.717, 1.165) is 18.5 Å². The van der Waals surface area contributed by atoms with E-state index in [9.17, 15) is 13.2 Å². The molecule has 0 aliphatic heterocycles. The van der Waals surface area contributed by atoms with Gasteiger partial charge in [-0.05, 0) is 41.5 Å². The Bertz CT molecular complexity index is 1100. The number of carbonyl (C=O) groups excluding carboxylic acids is 1. The van der Waals surface area contributed by atoms with Crippen LogP contribution in [0.5, 0.6) is 0 Å². The molecule has 0 aliphatic rings. The van der Waals surface area contributed by atoms with Crippen molar-refractivity contribution in [1.29, 1.82) is 0 Å². The summed E-state index contributed by atoms with van der Waals surface area (Å²) in [6.45, 7) is 0.788. The second kappa shape index (κ2) is 9.45. The van der Waals surface area contributed by atoms with Crippen LogP contribution >= 0.6 is 0 Å². The number of nitrogens with one attached hydrogen (secondary N) is 2. The highest BCUT2D eigenvalue weighted by atomic mass is 32.2. The van der Waals surface area contributed by atoms with E-state index < -0.39 is 10.0 Å². The quantitative estimate of drug-likeness (QED) is 0.576. The van der Waals surface area contributed by atoms with Crippen LogP contribution in [0, 0.1) is 0 Å². The highest BCUT2D eigenvalue weighted by molar-refractivity contribution is 7.92. The zero-order valence-corrected chi connectivity index (χ0v) is 17.8. The molecule has 0 aromatic heterocycles. The number of nitrogens with zero attached hydrogens (tertiary/aromatic N) is 1. The number of hydrogen-bond acceptors (Lipinski definition) is 4. The van der Waals surface area contributed by atoms with E-state index in [0.29, 0.717) is 16.9 Å². The van der Waals surface area contributed by atoms with E-state index in [2.05, 4.69) is 27.1 Å². The zero-order chi connectivity index (χ0) is 21.6. The minimum absolute atomic E-state index is 0.0638. The lowest BCUT2D eigenvalue weighted by atomic mass is 10.1. The summed E-state index contributed by atoms with van der Waals surface area (Å²) in [5.74, 6) is -0.219. The van der Waals surface area contributed by atoms with E-state index in [1.54, 1.807) is 24.3 Å². The maximum atomic E-state index is 12.5. The summed E-state index contributed by atoms with van der Waals surface area (Å²) in [5.41, 5.74) is 3.97. The summed E-state index contributed by atoms with van der Waals surface area (Å²) in [6, 6.07) is 24.7. The van der Waals surface area contributed by atoms with Crippen molar-refractivity contribution in [2.45, 2.75) is 13.0 Å². The van der Waals surface area contributed by atoms with Crippen molar-refractivity contribution in [1.82, 2.24) is 0 Å². The Kier molecular flexibility index (Phi) is 6.74. The smallest absolute Gasteiger partial charge is 0.229 e. The van der Waals surface area contributed by atoms with Crippen LogP contribution in [0.15, 0.2) is 78.9 Å². The molecule has 3 rings (SSSR count). The van der Waals surface area contributed by atoms with Crippen molar-refractivity contribution in [3.8, 4) is 0 Å². The van der Waals surface area contributed by atoms with Gasteiger partial charge in [-0.15, -0.1) is 0 Å². The molecule has 1 amide bonds. The van der Waals surface area contributed by atoms with Gasteiger partial charge in [0.15, 0.2) is 0 Å². The standard InChI is InChI=1S/C23H25N3O3S/c1-26(17-18-8-4-3-5-9-18)21-14-12-20(13-15-21)24-23(27)16-19-10-6-7-11-22(19)25-30(2,28)29/h3-15,25H,16-17H2,1-2H3,(H,24,27). The lowest BCUT2D eigenvalue weighted by molar-refractivity contribution is -0.115. The number of hydrogen-bond donors (Lipinski definition) is 2. The van der Waals surface area contributed by atoms with Crippen LogP contribution in [-0.4, -0.2) is 27.6 Å². The van der Waals surface area contributed by atoms with Gasteiger partial charge in [-0.2, -0.15) is 0 Å². The molecule has 0 atom stereocenters. The minimum Gasteiger partial charge on any atom is -0.370 e. The van der Waals surface area contributed by atoms with Gasteiger partial charge >= 0.3 is 0 Å². The van der Waals surface area contributed by atoms with Crippen LogP contribution in [0.2, 0.25) is 0 Å². The molecule has 0 bridgehead atoms. The monoisotopic (exact) mass is 423 g/mol. The fourth-order valence-electron chi connectivity index (χ4n) is 3.10. The van der Waals surface area contributed by atoms with Crippen LogP contribution < -0.4 is 14.9 Å². The number of rotatable bonds is 8. The SMILES string of the molecule is CN(Cc1ccccc1)c1ccc(NC(=O)Cc2ccccc2NS(C)(=O)=O)cc1. The van der Waals surface area contributed by atoms with Crippen LogP contribution in [0.1, 0.15) is 11.1 Å². The number of benzene rings is 3. The largest absolute Gasteiger partial charge is 0.370 e. The van der Waals surface area contributed by atoms with Gasteiger partial charge in [-0.3, -0.25) is 9.52 Å². The van der Waals surface area contributed by atoms with Crippen molar-refractivity contribution in [3.05, 3.63) is 90.0 Å². The van der Waals surface area contributed by atoms with Crippen LogP contribution in [0.25, 0.3) is 0 Å². The Hall–Kier alpha value is -3.32. The molecule has 0 fully saturated rings. The number of sulfonamides is 1. The third kappa shape index (κ3) is 6.35. The molecule has 156 valence electrons. The van der Waals surface area contributed by atoms with E-state index in [1.807, 2.05) is 49.5 Å². The first-order valence-electron chi connectivity index (χ1n) is 9.51. The molecule has 6 nitrogen and oxygen atoms in total. The van der Waals surface area contributed by atoms with Gasteiger partial charge in [0.2, 0.25) is 15.9 Å². The first-order chi connectivity index (χ1) is 14.3. The molecule has 0 aliphatic carbocycles. The molecule has 2 N–H and O–H groups in total. The van der Waals surface area contributed by atoms with Crippen molar-refractivity contribution >= 4 is 33.0 Å². The Morgan fingerprint density at radius 1 is 0.900 bits per heavy atom. The Morgan fingerprint density at radius 3 is 2.20 bits per heavy atom. The number of para-hydroxylation sites is 1. The van der Waals surface area contributed by atoms with Crippen LogP contribution in [0.3, 0.4) is 0 Å². The molecule has 0 unspecified atom stereocenters. The molecule has 3 aromatic carbocycles. The molecule has 0 spiro atoms.